The van der Waals surface area contributed by atoms with Crippen LogP contribution >= 0.6 is 0 Å². The Bertz CT molecular complexity index is 885. The molecule has 0 aliphatic heterocycles. The first kappa shape index (κ1) is 12.7. The van der Waals surface area contributed by atoms with Crippen molar-refractivity contribution >= 4 is 20.9 Å². The average Bonchev–Trinajstić information content (AvgIpc) is 2.75. The standard InChI is InChI=1S/C14H10FNO3S/c15-14-9-10-8-11(17)6-7-13(10)16(14)20(18,19)12-4-2-1-3-5-12/h1-9,17H. The molecular weight excluding hydrogens is 281 g/mol. The van der Waals surface area contributed by atoms with Crippen LogP contribution in [0.1, 0.15) is 0 Å². The minimum absolute atomic E-state index is 0.00414. The quantitative estimate of drug-likeness (QED) is 0.789. The van der Waals surface area contributed by atoms with Gasteiger partial charge in [-0.2, -0.15) is 4.39 Å². The third kappa shape index (κ3) is 1.85. The first-order chi connectivity index (χ1) is 9.50. The fraction of sp³-hybridized carbons (Fsp3) is 0. The third-order valence-corrected chi connectivity index (χ3v) is 4.70. The van der Waals surface area contributed by atoms with Crippen LogP contribution in [0.2, 0.25) is 0 Å². The van der Waals surface area contributed by atoms with Gasteiger partial charge in [0.2, 0.25) is 5.95 Å². The Morgan fingerprint density at radius 2 is 1.70 bits per heavy atom. The SMILES string of the molecule is O=S(=O)(c1ccccc1)n1c(F)cc2cc(O)ccc21. The van der Waals surface area contributed by atoms with Gasteiger partial charge in [0.1, 0.15) is 5.75 Å². The molecule has 1 aromatic heterocycles. The van der Waals surface area contributed by atoms with Crippen molar-refractivity contribution in [1.29, 1.82) is 0 Å². The second-order valence-electron chi connectivity index (χ2n) is 4.29. The van der Waals surface area contributed by atoms with Crippen molar-refractivity contribution in [1.82, 2.24) is 3.97 Å². The van der Waals surface area contributed by atoms with E-state index in [2.05, 4.69) is 0 Å². The van der Waals surface area contributed by atoms with Crippen LogP contribution in [0.4, 0.5) is 4.39 Å². The first-order valence-electron chi connectivity index (χ1n) is 5.81. The van der Waals surface area contributed by atoms with Gasteiger partial charge in [0.15, 0.2) is 0 Å². The smallest absolute Gasteiger partial charge is 0.270 e. The number of benzene rings is 2. The van der Waals surface area contributed by atoms with E-state index in [0.717, 1.165) is 6.07 Å². The van der Waals surface area contributed by atoms with Crippen LogP contribution in [0.25, 0.3) is 10.9 Å². The summed E-state index contributed by atoms with van der Waals surface area (Å²) >= 11 is 0. The molecule has 6 heteroatoms. The fourth-order valence-corrected chi connectivity index (χ4v) is 3.51. The number of hydrogen-bond donors (Lipinski definition) is 1. The molecule has 0 fully saturated rings. The van der Waals surface area contributed by atoms with E-state index in [4.69, 9.17) is 0 Å². The van der Waals surface area contributed by atoms with E-state index in [1.165, 1.54) is 30.3 Å². The number of nitrogens with zero attached hydrogens (tertiary/aromatic N) is 1. The lowest BCUT2D eigenvalue weighted by molar-refractivity contribution is 0.476. The van der Waals surface area contributed by atoms with Crippen molar-refractivity contribution in [2.24, 2.45) is 0 Å². The molecule has 0 radical (unpaired) electrons. The number of rotatable bonds is 2. The molecule has 1 heterocycles. The lowest BCUT2D eigenvalue weighted by Crippen LogP contribution is -2.14. The van der Waals surface area contributed by atoms with Gasteiger partial charge < -0.3 is 5.11 Å². The Morgan fingerprint density at radius 1 is 1.00 bits per heavy atom. The number of hydrogen-bond acceptors (Lipinski definition) is 3. The Hall–Kier alpha value is -2.34. The van der Waals surface area contributed by atoms with Gasteiger partial charge in [-0.25, -0.2) is 12.4 Å². The molecule has 3 aromatic rings. The molecule has 0 saturated carbocycles. The summed E-state index contributed by atoms with van der Waals surface area (Å²) in [5.74, 6) is -0.943. The molecule has 0 spiro atoms. The number of fused-ring (bicyclic) bond motifs is 1. The van der Waals surface area contributed by atoms with Crippen molar-refractivity contribution in [2.75, 3.05) is 0 Å². The zero-order valence-electron chi connectivity index (χ0n) is 10.2. The van der Waals surface area contributed by atoms with E-state index < -0.39 is 16.0 Å². The lowest BCUT2D eigenvalue weighted by atomic mass is 10.2. The van der Waals surface area contributed by atoms with E-state index in [9.17, 15) is 17.9 Å². The zero-order chi connectivity index (χ0) is 14.3. The van der Waals surface area contributed by atoms with Crippen molar-refractivity contribution in [3.05, 3.63) is 60.5 Å². The van der Waals surface area contributed by atoms with E-state index >= 15 is 0 Å². The molecule has 0 bridgehead atoms. The molecule has 0 amide bonds. The largest absolute Gasteiger partial charge is 0.508 e. The molecule has 0 saturated heterocycles. The minimum atomic E-state index is -4.01. The maximum absolute atomic E-state index is 14.0. The predicted octanol–water partition coefficient (Wildman–Crippen LogP) is 2.72. The zero-order valence-corrected chi connectivity index (χ0v) is 11.0. The number of halogens is 1. The maximum Gasteiger partial charge on any atom is 0.270 e. The highest BCUT2D eigenvalue weighted by atomic mass is 32.2. The Morgan fingerprint density at radius 3 is 2.40 bits per heavy atom. The van der Waals surface area contributed by atoms with Crippen molar-refractivity contribution in [2.45, 2.75) is 4.90 Å². The molecule has 3 rings (SSSR count). The molecule has 0 aliphatic carbocycles. The van der Waals surface area contributed by atoms with Crippen LogP contribution in [-0.2, 0) is 10.0 Å². The van der Waals surface area contributed by atoms with E-state index in [0.29, 0.717) is 9.36 Å². The van der Waals surface area contributed by atoms with Gasteiger partial charge in [-0.15, -0.1) is 0 Å². The highest BCUT2D eigenvalue weighted by Gasteiger charge is 2.23. The normalized spacial score (nSPS) is 11.8. The van der Waals surface area contributed by atoms with Gasteiger partial charge in [-0.05, 0) is 30.3 Å². The summed E-state index contributed by atoms with van der Waals surface area (Å²) in [6.45, 7) is 0. The van der Waals surface area contributed by atoms with Crippen molar-refractivity contribution < 1.29 is 17.9 Å². The van der Waals surface area contributed by atoms with E-state index in [1.54, 1.807) is 18.2 Å². The second kappa shape index (κ2) is 4.35. The highest BCUT2D eigenvalue weighted by Crippen LogP contribution is 2.27. The molecule has 0 atom stereocenters. The molecule has 4 nitrogen and oxygen atoms in total. The monoisotopic (exact) mass is 291 g/mol. The molecule has 0 aliphatic rings. The lowest BCUT2D eigenvalue weighted by Gasteiger charge is -2.08. The molecular formula is C14H10FNO3S. The molecule has 1 N–H and O–H groups in total. The van der Waals surface area contributed by atoms with Gasteiger partial charge in [-0.3, -0.25) is 0 Å². The van der Waals surface area contributed by atoms with Crippen LogP contribution in [0.3, 0.4) is 0 Å². The third-order valence-electron chi connectivity index (χ3n) is 2.98. The average molecular weight is 291 g/mol. The van der Waals surface area contributed by atoms with Gasteiger partial charge >= 0.3 is 0 Å². The Balaban J connectivity index is 2.32. The number of phenolic OH excluding ortho intramolecular Hbond substituents is 1. The summed E-state index contributed by atoms with van der Waals surface area (Å²) in [4.78, 5) is 0.00414. The van der Waals surface area contributed by atoms with Crippen LogP contribution in [-0.4, -0.2) is 17.5 Å². The molecule has 2 aromatic carbocycles. The van der Waals surface area contributed by atoms with E-state index in [-0.39, 0.29) is 16.2 Å². The second-order valence-corrected chi connectivity index (χ2v) is 6.08. The van der Waals surface area contributed by atoms with Crippen molar-refractivity contribution in [3.63, 3.8) is 0 Å². The Kier molecular flexibility index (Phi) is 2.76. The number of aromatic hydroxyl groups is 1. The van der Waals surface area contributed by atoms with Crippen LogP contribution in [0, 0.1) is 5.95 Å². The van der Waals surface area contributed by atoms with E-state index in [1.807, 2.05) is 0 Å². The fourth-order valence-electron chi connectivity index (χ4n) is 2.09. The summed E-state index contributed by atoms with van der Waals surface area (Å²) in [7, 11) is -4.01. The maximum atomic E-state index is 14.0. The van der Waals surface area contributed by atoms with Crippen LogP contribution in [0.15, 0.2) is 59.5 Å². The number of phenols is 1. The summed E-state index contributed by atoms with van der Waals surface area (Å²) in [5, 5.41) is 9.69. The summed E-state index contributed by atoms with van der Waals surface area (Å²) < 4.78 is 39.6. The van der Waals surface area contributed by atoms with Gasteiger partial charge in [0.05, 0.1) is 10.4 Å². The molecule has 20 heavy (non-hydrogen) atoms. The van der Waals surface area contributed by atoms with Crippen LogP contribution in [0.5, 0.6) is 5.75 Å². The summed E-state index contributed by atoms with van der Waals surface area (Å²) in [5.41, 5.74) is 0.184. The number of aromatic nitrogens is 1. The predicted molar refractivity (Wildman–Crippen MR) is 72.6 cm³/mol. The summed E-state index contributed by atoms with van der Waals surface area (Å²) in [6, 6.07) is 12.7. The van der Waals surface area contributed by atoms with Gasteiger partial charge in [-0.1, -0.05) is 18.2 Å². The van der Waals surface area contributed by atoms with Gasteiger partial charge in [0, 0.05) is 11.5 Å². The van der Waals surface area contributed by atoms with Crippen LogP contribution < -0.4 is 0 Å². The molecule has 102 valence electrons. The Labute approximate surface area is 114 Å². The summed E-state index contributed by atoms with van der Waals surface area (Å²) in [6.07, 6.45) is 0. The van der Waals surface area contributed by atoms with Crippen molar-refractivity contribution in [3.8, 4) is 5.75 Å². The minimum Gasteiger partial charge on any atom is -0.508 e. The highest BCUT2D eigenvalue weighted by molar-refractivity contribution is 7.90. The first-order valence-corrected chi connectivity index (χ1v) is 7.25. The molecule has 0 unspecified atom stereocenters. The topological polar surface area (TPSA) is 59.3 Å². The van der Waals surface area contributed by atoms with Gasteiger partial charge in [0.25, 0.3) is 10.0 Å².